The highest BCUT2D eigenvalue weighted by Crippen LogP contribution is 2.17. The maximum atomic E-state index is 11.6. The standard InChI is InChI=1S/C14H21N3O3/c1-19-11-6-8-12(9-7-11)20-13(18)5-3-2-4-10-17-14(15)16/h6-9H,2-5,10H2,1H3,(H4,15,16,17). The van der Waals surface area contributed by atoms with Gasteiger partial charge in [0.05, 0.1) is 7.11 Å². The summed E-state index contributed by atoms with van der Waals surface area (Å²) in [6.45, 7) is 0.593. The summed E-state index contributed by atoms with van der Waals surface area (Å²) in [6, 6.07) is 6.90. The molecule has 0 saturated heterocycles. The summed E-state index contributed by atoms with van der Waals surface area (Å²) >= 11 is 0. The van der Waals surface area contributed by atoms with E-state index in [9.17, 15) is 4.79 Å². The van der Waals surface area contributed by atoms with E-state index in [0.717, 1.165) is 25.0 Å². The summed E-state index contributed by atoms with van der Waals surface area (Å²) in [4.78, 5) is 15.5. The topological polar surface area (TPSA) is 99.9 Å². The maximum Gasteiger partial charge on any atom is 0.311 e. The molecule has 4 N–H and O–H groups in total. The molecule has 110 valence electrons. The maximum absolute atomic E-state index is 11.6. The van der Waals surface area contributed by atoms with Crippen LogP contribution in [0.1, 0.15) is 25.7 Å². The lowest BCUT2D eigenvalue weighted by Gasteiger charge is -2.05. The summed E-state index contributed by atoms with van der Waals surface area (Å²) in [5.74, 6) is 1.11. The molecule has 0 amide bonds. The number of ether oxygens (including phenoxy) is 2. The number of hydrogen-bond donors (Lipinski definition) is 2. The molecule has 0 unspecified atom stereocenters. The quantitative estimate of drug-likeness (QED) is 0.246. The largest absolute Gasteiger partial charge is 0.497 e. The van der Waals surface area contributed by atoms with E-state index < -0.39 is 0 Å². The van der Waals surface area contributed by atoms with Crippen molar-refractivity contribution in [1.29, 1.82) is 0 Å². The summed E-state index contributed by atoms with van der Waals surface area (Å²) in [6.07, 6.45) is 2.88. The van der Waals surface area contributed by atoms with Gasteiger partial charge < -0.3 is 20.9 Å². The lowest BCUT2D eigenvalue weighted by atomic mass is 10.2. The van der Waals surface area contributed by atoms with Crippen LogP contribution in [0.5, 0.6) is 11.5 Å². The average Bonchev–Trinajstić information content (AvgIpc) is 2.43. The van der Waals surface area contributed by atoms with Crippen LogP contribution in [0.4, 0.5) is 0 Å². The second-order valence-electron chi connectivity index (χ2n) is 4.27. The van der Waals surface area contributed by atoms with Crippen LogP contribution in [0.15, 0.2) is 29.3 Å². The fraction of sp³-hybridized carbons (Fsp3) is 0.429. The van der Waals surface area contributed by atoms with E-state index in [0.29, 0.717) is 18.7 Å². The van der Waals surface area contributed by atoms with Crippen molar-refractivity contribution in [1.82, 2.24) is 0 Å². The Morgan fingerprint density at radius 2 is 1.75 bits per heavy atom. The monoisotopic (exact) mass is 279 g/mol. The second-order valence-corrected chi connectivity index (χ2v) is 4.27. The first-order valence-electron chi connectivity index (χ1n) is 6.52. The van der Waals surface area contributed by atoms with Crippen molar-refractivity contribution in [2.45, 2.75) is 25.7 Å². The molecule has 0 aliphatic rings. The van der Waals surface area contributed by atoms with E-state index in [4.69, 9.17) is 20.9 Å². The molecule has 0 aromatic heterocycles. The van der Waals surface area contributed by atoms with Crippen LogP contribution in [0.3, 0.4) is 0 Å². The van der Waals surface area contributed by atoms with Gasteiger partial charge in [-0.25, -0.2) is 0 Å². The summed E-state index contributed by atoms with van der Waals surface area (Å²) in [5, 5.41) is 0. The molecule has 0 heterocycles. The predicted molar refractivity (Wildman–Crippen MR) is 77.8 cm³/mol. The average molecular weight is 279 g/mol. The number of nitrogens with zero attached hydrogens (tertiary/aromatic N) is 1. The molecule has 0 aliphatic carbocycles. The van der Waals surface area contributed by atoms with E-state index in [2.05, 4.69) is 4.99 Å². The van der Waals surface area contributed by atoms with Crippen molar-refractivity contribution in [2.24, 2.45) is 16.5 Å². The van der Waals surface area contributed by atoms with Crippen molar-refractivity contribution < 1.29 is 14.3 Å². The Morgan fingerprint density at radius 3 is 2.35 bits per heavy atom. The third-order valence-corrected chi connectivity index (χ3v) is 2.62. The van der Waals surface area contributed by atoms with Crippen molar-refractivity contribution in [3.8, 4) is 11.5 Å². The Labute approximate surface area is 118 Å². The fourth-order valence-electron chi connectivity index (χ4n) is 1.59. The van der Waals surface area contributed by atoms with Crippen LogP contribution >= 0.6 is 0 Å². The molecular formula is C14H21N3O3. The molecule has 0 fully saturated rings. The fourth-order valence-corrected chi connectivity index (χ4v) is 1.59. The second kappa shape index (κ2) is 8.79. The predicted octanol–water partition coefficient (Wildman–Crippen LogP) is 1.43. The number of benzene rings is 1. The molecule has 0 radical (unpaired) electrons. The van der Waals surface area contributed by atoms with Crippen LogP contribution in [-0.4, -0.2) is 25.6 Å². The minimum absolute atomic E-state index is 0.101. The van der Waals surface area contributed by atoms with Gasteiger partial charge in [-0.1, -0.05) is 6.42 Å². The number of nitrogens with two attached hydrogens (primary N) is 2. The van der Waals surface area contributed by atoms with Gasteiger partial charge in [0.15, 0.2) is 5.96 Å². The molecule has 1 aromatic rings. The van der Waals surface area contributed by atoms with E-state index >= 15 is 0 Å². The molecule has 20 heavy (non-hydrogen) atoms. The smallest absolute Gasteiger partial charge is 0.311 e. The molecule has 0 saturated carbocycles. The Balaban J connectivity index is 2.18. The number of hydrogen-bond acceptors (Lipinski definition) is 4. The zero-order valence-corrected chi connectivity index (χ0v) is 11.7. The van der Waals surface area contributed by atoms with Gasteiger partial charge in [-0.05, 0) is 37.1 Å². The highest BCUT2D eigenvalue weighted by molar-refractivity contribution is 5.75. The number of carbonyl (C=O) groups excluding carboxylic acids is 1. The first kappa shape index (κ1) is 15.8. The molecular weight excluding hydrogens is 258 g/mol. The molecule has 1 aromatic carbocycles. The van der Waals surface area contributed by atoms with Gasteiger partial charge >= 0.3 is 5.97 Å². The van der Waals surface area contributed by atoms with Crippen LogP contribution in [0.25, 0.3) is 0 Å². The first-order valence-corrected chi connectivity index (χ1v) is 6.52. The lowest BCUT2D eigenvalue weighted by molar-refractivity contribution is -0.134. The molecule has 6 nitrogen and oxygen atoms in total. The highest BCUT2D eigenvalue weighted by atomic mass is 16.5. The van der Waals surface area contributed by atoms with Gasteiger partial charge in [0.25, 0.3) is 0 Å². The minimum atomic E-state index is -0.239. The lowest BCUT2D eigenvalue weighted by Crippen LogP contribution is -2.22. The minimum Gasteiger partial charge on any atom is -0.497 e. The number of carbonyl (C=O) groups is 1. The van der Waals surface area contributed by atoms with Crippen molar-refractivity contribution in [2.75, 3.05) is 13.7 Å². The SMILES string of the molecule is COc1ccc(OC(=O)CCCCCN=C(N)N)cc1. The number of aliphatic imine (C=N–C) groups is 1. The number of rotatable bonds is 8. The number of esters is 1. The van der Waals surface area contributed by atoms with E-state index in [1.54, 1.807) is 31.4 Å². The van der Waals surface area contributed by atoms with Gasteiger partial charge in [-0.2, -0.15) is 0 Å². The molecule has 0 atom stereocenters. The van der Waals surface area contributed by atoms with Gasteiger partial charge in [0, 0.05) is 13.0 Å². The summed E-state index contributed by atoms with van der Waals surface area (Å²) < 4.78 is 10.2. The van der Waals surface area contributed by atoms with E-state index in [1.807, 2.05) is 0 Å². The Bertz CT molecular complexity index is 439. The van der Waals surface area contributed by atoms with Gasteiger partial charge in [0.2, 0.25) is 0 Å². The molecule has 1 rings (SSSR count). The molecule has 0 bridgehead atoms. The Hall–Kier alpha value is -2.24. The van der Waals surface area contributed by atoms with Crippen LogP contribution in [-0.2, 0) is 4.79 Å². The Morgan fingerprint density at radius 1 is 1.10 bits per heavy atom. The van der Waals surface area contributed by atoms with Crippen LogP contribution < -0.4 is 20.9 Å². The van der Waals surface area contributed by atoms with Crippen molar-refractivity contribution in [3.63, 3.8) is 0 Å². The van der Waals surface area contributed by atoms with Gasteiger partial charge in [-0.3, -0.25) is 9.79 Å². The van der Waals surface area contributed by atoms with Crippen LogP contribution in [0.2, 0.25) is 0 Å². The Kier molecular flexibility index (Phi) is 6.95. The summed E-state index contributed by atoms with van der Waals surface area (Å²) in [5.41, 5.74) is 10.4. The number of unbranched alkanes of at least 4 members (excludes halogenated alkanes) is 2. The van der Waals surface area contributed by atoms with Crippen LogP contribution in [0, 0.1) is 0 Å². The van der Waals surface area contributed by atoms with E-state index in [-0.39, 0.29) is 11.9 Å². The zero-order chi connectivity index (χ0) is 14.8. The molecule has 0 aliphatic heterocycles. The highest BCUT2D eigenvalue weighted by Gasteiger charge is 2.04. The summed E-state index contributed by atoms with van der Waals surface area (Å²) in [7, 11) is 1.59. The number of methoxy groups -OCH3 is 1. The van der Waals surface area contributed by atoms with Gasteiger partial charge in [-0.15, -0.1) is 0 Å². The zero-order valence-electron chi connectivity index (χ0n) is 11.7. The third kappa shape index (κ3) is 6.63. The first-order chi connectivity index (χ1) is 9.61. The van der Waals surface area contributed by atoms with Crippen molar-refractivity contribution in [3.05, 3.63) is 24.3 Å². The normalized spacial score (nSPS) is 9.85. The van der Waals surface area contributed by atoms with Gasteiger partial charge in [0.1, 0.15) is 11.5 Å². The number of guanidine groups is 1. The van der Waals surface area contributed by atoms with Crippen molar-refractivity contribution >= 4 is 11.9 Å². The molecule has 6 heteroatoms. The van der Waals surface area contributed by atoms with E-state index in [1.165, 1.54) is 0 Å². The third-order valence-electron chi connectivity index (χ3n) is 2.62. The molecule has 0 spiro atoms.